The maximum atomic E-state index is 4.50. The second-order valence-electron chi connectivity index (χ2n) is 5.12. The highest BCUT2D eigenvalue weighted by Crippen LogP contribution is 2.31. The van der Waals surface area contributed by atoms with Gasteiger partial charge in [-0.3, -0.25) is 0 Å². The molecule has 0 aliphatic carbocycles. The molecule has 1 atom stereocenters. The maximum Gasteiger partial charge on any atom is 0.0949 e. The van der Waals surface area contributed by atoms with Crippen molar-refractivity contribution in [3.8, 4) is 0 Å². The van der Waals surface area contributed by atoms with Gasteiger partial charge in [0, 0.05) is 20.0 Å². The molecule has 3 heteroatoms. The quantitative estimate of drug-likeness (QED) is 0.791. The molecule has 1 aliphatic heterocycles. The van der Waals surface area contributed by atoms with Crippen molar-refractivity contribution in [3.05, 3.63) is 17.7 Å². The molecule has 1 unspecified atom stereocenters. The first kappa shape index (κ1) is 11.6. The molecule has 1 N–H and O–H groups in total. The van der Waals surface area contributed by atoms with Gasteiger partial charge in [0.1, 0.15) is 0 Å². The van der Waals surface area contributed by atoms with Crippen molar-refractivity contribution in [2.24, 2.45) is 7.05 Å². The predicted molar refractivity (Wildman–Crippen MR) is 66.4 cm³/mol. The molecule has 0 spiro atoms. The number of aromatic nitrogens is 2. The van der Waals surface area contributed by atoms with Gasteiger partial charge in [-0.2, -0.15) is 0 Å². The van der Waals surface area contributed by atoms with Crippen molar-refractivity contribution in [1.82, 2.24) is 14.9 Å². The van der Waals surface area contributed by atoms with E-state index in [0.29, 0.717) is 0 Å². The fraction of sp³-hybridized carbons (Fsp3) is 0.769. The number of nitrogens with one attached hydrogen (secondary N) is 1. The molecular weight excluding hydrogens is 198 g/mol. The molecule has 0 saturated heterocycles. The summed E-state index contributed by atoms with van der Waals surface area (Å²) in [4.78, 5) is 4.50. The lowest BCUT2D eigenvalue weighted by Gasteiger charge is -2.36. The van der Waals surface area contributed by atoms with Crippen molar-refractivity contribution in [1.29, 1.82) is 0 Å². The van der Waals surface area contributed by atoms with Crippen LogP contribution in [0.25, 0.3) is 0 Å². The molecule has 1 aromatic heterocycles. The largest absolute Gasteiger partial charge is 0.336 e. The molecule has 0 saturated carbocycles. The van der Waals surface area contributed by atoms with Crippen molar-refractivity contribution in [2.45, 2.75) is 51.5 Å². The van der Waals surface area contributed by atoms with Crippen LogP contribution in [0.1, 0.15) is 50.9 Å². The normalized spacial score (nSPS) is 24.4. The number of unbranched alkanes of at least 4 members (excludes halogenated alkanes) is 2. The zero-order chi connectivity index (χ0) is 11.6. The summed E-state index contributed by atoms with van der Waals surface area (Å²) >= 11 is 0. The van der Waals surface area contributed by atoms with Gasteiger partial charge in [-0.25, -0.2) is 4.98 Å². The van der Waals surface area contributed by atoms with E-state index in [4.69, 9.17) is 0 Å². The van der Waals surface area contributed by atoms with E-state index in [9.17, 15) is 0 Å². The summed E-state index contributed by atoms with van der Waals surface area (Å²) in [5, 5.41) is 3.68. The van der Waals surface area contributed by atoms with E-state index in [0.717, 1.165) is 13.0 Å². The van der Waals surface area contributed by atoms with Crippen LogP contribution < -0.4 is 5.32 Å². The third-order valence-electron chi connectivity index (χ3n) is 3.69. The van der Waals surface area contributed by atoms with Crippen molar-refractivity contribution >= 4 is 0 Å². The van der Waals surface area contributed by atoms with Gasteiger partial charge in [0.15, 0.2) is 0 Å². The summed E-state index contributed by atoms with van der Waals surface area (Å²) in [5.41, 5.74) is 2.82. The van der Waals surface area contributed by atoms with Crippen LogP contribution in [0.4, 0.5) is 0 Å². The van der Waals surface area contributed by atoms with Crippen LogP contribution in [0, 0.1) is 0 Å². The van der Waals surface area contributed by atoms with Gasteiger partial charge in [-0.05, 0) is 13.3 Å². The first-order valence-corrected chi connectivity index (χ1v) is 6.43. The van der Waals surface area contributed by atoms with Crippen LogP contribution >= 0.6 is 0 Å². The van der Waals surface area contributed by atoms with Crippen molar-refractivity contribution in [2.75, 3.05) is 6.54 Å². The highest BCUT2D eigenvalue weighted by Gasteiger charge is 2.34. The Kier molecular flexibility index (Phi) is 3.33. The second kappa shape index (κ2) is 4.58. The summed E-state index contributed by atoms with van der Waals surface area (Å²) in [7, 11) is 2.11. The van der Waals surface area contributed by atoms with E-state index in [1.54, 1.807) is 0 Å². The van der Waals surface area contributed by atoms with Gasteiger partial charge in [0.05, 0.1) is 23.3 Å². The lowest BCUT2D eigenvalue weighted by atomic mass is 9.86. The molecule has 3 nitrogen and oxygen atoms in total. The van der Waals surface area contributed by atoms with Crippen molar-refractivity contribution < 1.29 is 0 Å². The highest BCUT2D eigenvalue weighted by atomic mass is 15.1. The Hall–Kier alpha value is -0.830. The third-order valence-corrected chi connectivity index (χ3v) is 3.69. The smallest absolute Gasteiger partial charge is 0.0949 e. The lowest BCUT2D eigenvalue weighted by molar-refractivity contribution is 0.295. The average molecular weight is 221 g/mol. The molecule has 16 heavy (non-hydrogen) atoms. The van der Waals surface area contributed by atoms with Gasteiger partial charge in [0.25, 0.3) is 0 Å². The van der Waals surface area contributed by atoms with Crippen molar-refractivity contribution in [3.63, 3.8) is 0 Å². The molecule has 0 fully saturated rings. The van der Waals surface area contributed by atoms with Crippen LogP contribution in [0.2, 0.25) is 0 Å². The van der Waals surface area contributed by atoms with Gasteiger partial charge in [-0.1, -0.05) is 26.2 Å². The molecule has 0 radical (unpaired) electrons. The lowest BCUT2D eigenvalue weighted by Crippen LogP contribution is -2.46. The zero-order valence-corrected chi connectivity index (χ0v) is 10.7. The fourth-order valence-corrected chi connectivity index (χ4v) is 2.85. The van der Waals surface area contributed by atoms with Crippen LogP contribution in [0.5, 0.6) is 0 Å². The Labute approximate surface area is 98.3 Å². The predicted octanol–water partition coefficient (Wildman–Crippen LogP) is 2.36. The summed E-state index contributed by atoms with van der Waals surface area (Å²) in [5.74, 6) is 0. The fourth-order valence-electron chi connectivity index (χ4n) is 2.85. The summed E-state index contributed by atoms with van der Waals surface area (Å²) in [6, 6.07) is 0. The standard InChI is InChI=1S/C13H23N3/c1-4-5-6-8-13(2)12-11(7-9-15-13)14-10-16(12)3/h10,15H,4-9H2,1-3H3. The van der Waals surface area contributed by atoms with Gasteiger partial charge in [0.2, 0.25) is 0 Å². The summed E-state index contributed by atoms with van der Waals surface area (Å²) < 4.78 is 2.19. The van der Waals surface area contributed by atoms with Gasteiger partial charge < -0.3 is 9.88 Å². The number of imidazole rings is 1. The molecular formula is C13H23N3. The third kappa shape index (κ3) is 2.01. The van der Waals surface area contributed by atoms with Crippen LogP contribution in [0.15, 0.2) is 6.33 Å². The second-order valence-corrected chi connectivity index (χ2v) is 5.12. The molecule has 2 heterocycles. The van der Waals surface area contributed by atoms with E-state index in [-0.39, 0.29) is 5.54 Å². The van der Waals surface area contributed by atoms with E-state index < -0.39 is 0 Å². The highest BCUT2D eigenvalue weighted by molar-refractivity contribution is 5.25. The molecule has 0 bridgehead atoms. The maximum absolute atomic E-state index is 4.50. The van der Waals surface area contributed by atoms with E-state index in [2.05, 4.69) is 35.8 Å². The van der Waals surface area contributed by atoms with Crippen LogP contribution in [0.3, 0.4) is 0 Å². The number of nitrogens with zero attached hydrogens (tertiary/aromatic N) is 2. The Morgan fingerprint density at radius 2 is 2.31 bits per heavy atom. The minimum atomic E-state index is 0.133. The van der Waals surface area contributed by atoms with Gasteiger partial charge >= 0.3 is 0 Å². The Morgan fingerprint density at radius 1 is 1.50 bits per heavy atom. The summed E-state index contributed by atoms with van der Waals surface area (Å²) in [6.07, 6.45) is 8.14. The van der Waals surface area contributed by atoms with Crippen LogP contribution in [-0.4, -0.2) is 16.1 Å². The van der Waals surface area contributed by atoms with Gasteiger partial charge in [-0.15, -0.1) is 0 Å². The average Bonchev–Trinajstić information content (AvgIpc) is 2.62. The number of hydrogen-bond acceptors (Lipinski definition) is 2. The number of aryl methyl sites for hydroxylation is 1. The molecule has 1 aromatic rings. The monoisotopic (exact) mass is 221 g/mol. The number of hydrogen-bond donors (Lipinski definition) is 1. The Balaban J connectivity index is 2.18. The first-order chi connectivity index (χ1) is 7.67. The SMILES string of the molecule is CCCCCC1(C)NCCc2ncn(C)c21. The molecule has 90 valence electrons. The first-order valence-electron chi connectivity index (χ1n) is 6.43. The van der Waals surface area contributed by atoms with E-state index >= 15 is 0 Å². The zero-order valence-electron chi connectivity index (χ0n) is 10.7. The van der Waals surface area contributed by atoms with E-state index in [1.807, 2.05) is 6.33 Å². The van der Waals surface area contributed by atoms with Crippen LogP contribution in [-0.2, 0) is 19.0 Å². The van der Waals surface area contributed by atoms with E-state index in [1.165, 1.54) is 37.1 Å². The Bertz CT molecular complexity index is 356. The minimum absolute atomic E-state index is 0.133. The molecule has 0 amide bonds. The minimum Gasteiger partial charge on any atom is -0.336 e. The summed E-state index contributed by atoms with van der Waals surface area (Å²) in [6.45, 7) is 5.64. The number of fused-ring (bicyclic) bond motifs is 1. The Morgan fingerprint density at radius 3 is 3.06 bits per heavy atom. The number of rotatable bonds is 4. The molecule has 0 aromatic carbocycles. The topological polar surface area (TPSA) is 29.9 Å². The molecule has 2 rings (SSSR count). The molecule has 1 aliphatic rings.